The number of methoxy groups -OCH3 is 1. The van der Waals surface area contributed by atoms with Crippen molar-refractivity contribution in [1.82, 2.24) is 3.89 Å². The monoisotopic (exact) mass is 256 g/mol. The first-order valence-corrected chi connectivity index (χ1v) is 5.62. The highest BCUT2D eigenvalue weighted by Gasteiger charge is 2.40. The second kappa shape index (κ2) is 5.20. The van der Waals surface area contributed by atoms with Gasteiger partial charge >= 0.3 is 11.4 Å². The van der Waals surface area contributed by atoms with Gasteiger partial charge in [-0.1, -0.05) is 17.7 Å². The van der Waals surface area contributed by atoms with E-state index in [-0.39, 0.29) is 0 Å². The lowest BCUT2D eigenvalue weighted by atomic mass is 10.2. The molecule has 0 saturated carbocycles. The van der Waals surface area contributed by atoms with Crippen LogP contribution >= 0.6 is 11.9 Å². The van der Waals surface area contributed by atoms with Crippen molar-refractivity contribution in [1.29, 1.82) is 0 Å². The molecule has 0 aliphatic carbocycles. The number of carbonyl (C=O) groups excluding carboxylic acids is 1. The molecule has 0 heterocycles. The van der Waals surface area contributed by atoms with Gasteiger partial charge in [0, 0.05) is 12.1 Å². The van der Waals surface area contributed by atoms with E-state index >= 15 is 0 Å². The van der Waals surface area contributed by atoms with Crippen LogP contribution in [-0.2, 0) is 4.74 Å². The van der Waals surface area contributed by atoms with Crippen molar-refractivity contribution >= 4 is 29.0 Å². The Morgan fingerprint density at radius 2 is 1.82 bits per heavy atom. The molecule has 0 spiro atoms. The molecule has 0 aromatic heterocycles. The summed E-state index contributed by atoms with van der Waals surface area (Å²) >= 11 is 0.591. The summed E-state index contributed by atoms with van der Waals surface area (Å²) in [5, 5.41) is 8.60. The molecule has 1 aromatic rings. The van der Waals surface area contributed by atoms with Crippen LogP contribution in [0.15, 0.2) is 24.3 Å². The summed E-state index contributed by atoms with van der Waals surface area (Å²) in [5.74, 6) is 0. The molecule has 1 atom stereocenters. The van der Waals surface area contributed by atoms with Gasteiger partial charge in [-0.05, 0) is 6.92 Å². The third-order valence-electron chi connectivity index (χ3n) is 2.32. The second-order valence-corrected chi connectivity index (χ2v) is 4.83. The highest BCUT2D eigenvalue weighted by atomic mass is 32.2. The summed E-state index contributed by atoms with van der Waals surface area (Å²) in [6.45, 7) is 1.91. The molecule has 0 saturated heterocycles. The zero-order valence-corrected chi connectivity index (χ0v) is 10.7. The number of carbonyl (C=O) groups is 2. The van der Waals surface area contributed by atoms with Gasteiger partial charge in [-0.3, -0.25) is 0 Å². The van der Waals surface area contributed by atoms with E-state index in [1.54, 1.807) is 24.3 Å². The molecule has 1 unspecified atom stereocenters. The van der Waals surface area contributed by atoms with Crippen molar-refractivity contribution < 1.29 is 19.4 Å². The largest absolute Gasteiger partial charge is 0.531 e. The Kier molecular flexibility index (Phi) is 4.14. The van der Waals surface area contributed by atoms with E-state index in [0.717, 1.165) is 5.56 Å². The Bertz CT molecular complexity index is 432. The van der Waals surface area contributed by atoms with E-state index in [4.69, 9.17) is 0 Å². The van der Waals surface area contributed by atoms with Crippen molar-refractivity contribution in [3.8, 4) is 0 Å². The van der Waals surface area contributed by atoms with Gasteiger partial charge in [0.05, 0.1) is 14.2 Å². The summed E-state index contributed by atoms with van der Waals surface area (Å²) in [6, 6.07) is 6.96. The van der Waals surface area contributed by atoms with Gasteiger partial charge in [0.25, 0.3) is 0 Å². The molecular weight excluding hydrogens is 242 g/mol. The molecule has 0 aliphatic rings. The molecule has 0 aliphatic heterocycles. The van der Waals surface area contributed by atoms with Gasteiger partial charge in [-0.25, -0.2) is 4.79 Å². The first-order valence-electron chi connectivity index (χ1n) is 4.85. The lowest BCUT2D eigenvalue weighted by Gasteiger charge is -2.23. The molecule has 6 heteroatoms. The van der Waals surface area contributed by atoms with Crippen LogP contribution < -0.4 is 3.89 Å². The Labute approximate surface area is 104 Å². The quantitative estimate of drug-likeness (QED) is 0.475. The SMILES string of the molecule is COC(=O)S[N+](C)(C(=O)O)c1ccc(C)cc1. The predicted molar refractivity (Wildman–Crippen MR) is 66.9 cm³/mol. The van der Waals surface area contributed by atoms with E-state index in [9.17, 15) is 14.7 Å². The van der Waals surface area contributed by atoms with Crippen LogP contribution in [-0.4, -0.2) is 30.7 Å². The van der Waals surface area contributed by atoms with E-state index in [1.165, 1.54) is 14.2 Å². The Morgan fingerprint density at radius 1 is 1.29 bits per heavy atom. The average molecular weight is 256 g/mol. The molecular formula is C11H14NO4S+. The molecule has 5 nitrogen and oxygen atoms in total. The van der Waals surface area contributed by atoms with Gasteiger partial charge in [-0.15, -0.1) is 3.89 Å². The maximum atomic E-state index is 11.3. The number of rotatable bonds is 1. The van der Waals surface area contributed by atoms with Gasteiger partial charge < -0.3 is 9.84 Å². The highest BCUT2D eigenvalue weighted by molar-refractivity contribution is 8.13. The number of quaternary nitrogens is 1. The third kappa shape index (κ3) is 2.98. The van der Waals surface area contributed by atoms with Crippen molar-refractivity contribution in [2.24, 2.45) is 0 Å². The van der Waals surface area contributed by atoms with Crippen molar-refractivity contribution in [2.75, 3.05) is 14.2 Å². The minimum Gasteiger partial charge on any atom is -0.457 e. The van der Waals surface area contributed by atoms with Crippen LogP contribution in [0.2, 0.25) is 0 Å². The van der Waals surface area contributed by atoms with Crippen LogP contribution in [0.4, 0.5) is 15.3 Å². The summed E-state index contributed by atoms with van der Waals surface area (Å²) in [6.07, 6.45) is -1.13. The molecule has 1 N–H and O–H groups in total. The average Bonchev–Trinajstić information content (AvgIpc) is 2.29. The molecule has 1 aromatic carbocycles. The third-order valence-corrected chi connectivity index (χ3v) is 3.36. The van der Waals surface area contributed by atoms with Crippen LogP contribution in [0.3, 0.4) is 0 Å². The van der Waals surface area contributed by atoms with Crippen LogP contribution in [0.1, 0.15) is 5.56 Å². The number of nitrogens with zero attached hydrogens (tertiary/aromatic N) is 1. The summed E-state index contributed by atoms with van der Waals surface area (Å²) in [7, 11) is 2.64. The summed E-state index contributed by atoms with van der Waals surface area (Å²) in [4.78, 5) is 22.5. The number of ether oxygens (including phenoxy) is 1. The van der Waals surface area contributed by atoms with Crippen LogP contribution in [0, 0.1) is 6.92 Å². The number of hydrogen-bond donors (Lipinski definition) is 1. The Morgan fingerprint density at radius 3 is 2.24 bits per heavy atom. The minimum atomic E-state index is -1.13. The predicted octanol–water partition coefficient (Wildman–Crippen LogP) is 3.02. The lowest BCUT2D eigenvalue weighted by molar-refractivity contribution is 0.178. The molecule has 1 rings (SSSR count). The van der Waals surface area contributed by atoms with Crippen molar-refractivity contribution in [3.05, 3.63) is 29.8 Å². The van der Waals surface area contributed by atoms with Gasteiger partial charge in [0.15, 0.2) is 5.69 Å². The molecule has 0 fully saturated rings. The topological polar surface area (TPSA) is 63.6 Å². The number of hydrogen-bond acceptors (Lipinski definition) is 4. The number of benzene rings is 1. The normalized spacial score (nSPS) is 13.8. The molecule has 17 heavy (non-hydrogen) atoms. The van der Waals surface area contributed by atoms with E-state index in [2.05, 4.69) is 4.74 Å². The molecule has 1 amide bonds. The van der Waals surface area contributed by atoms with E-state index in [1.807, 2.05) is 6.92 Å². The standard InChI is InChI=1S/C11H13NO4S/c1-8-4-6-9(7-5-8)12(2,10(13)14)17-11(15)16-3/h4-7H,1-3H3/p+1. The minimum absolute atomic E-state index is 0.499. The fourth-order valence-corrected chi connectivity index (χ4v) is 1.90. The van der Waals surface area contributed by atoms with E-state index in [0.29, 0.717) is 17.6 Å². The Hall–Kier alpha value is -1.53. The first kappa shape index (κ1) is 13.5. The molecule has 92 valence electrons. The Balaban J connectivity index is 3.11. The zero-order valence-electron chi connectivity index (χ0n) is 9.84. The number of aryl methyl sites for hydroxylation is 1. The highest BCUT2D eigenvalue weighted by Crippen LogP contribution is 2.31. The maximum absolute atomic E-state index is 11.3. The van der Waals surface area contributed by atoms with E-state index < -0.39 is 15.3 Å². The lowest BCUT2D eigenvalue weighted by Crippen LogP contribution is -2.43. The van der Waals surface area contributed by atoms with Gasteiger partial charge in [-0.2, -0.15) is 4.79 Å². The first-order chi connectivity index (χ1) is 7.90. The second-order valence-electron chi connectivity index (χ2n) is 3.59. The number of carboxylic acid groups (broad SMARTS) is 1. The van der Waals surface area contributed by atoms with Gasteiger partial charge in [0.2, 0.25) is 11.9 Å². The summed E-state index contributed by atoms with van der Waals surface area (Å²) in [5.41, 5.74) is 1.52. The fourth-order valence-electron chi connectivity index (χ4n) is 1.22. The van der Waals surface area contributed by atoms with Crippen LogP contribution in [0.5, 0.6) is 0 Å². The number of amides is 1. The summed E-state index contributed by atoms with van der Waals surface area (Å²) < 4.78 is 3.88. The zero-order chi connectivity index (χ0) is 13.1. The molecule has 0 radical (unpaired) electrons. The molecule has 0 bridgehead atoms. The van der Waals surface area contributed by atoms with Gasteiger partial charge in [0.1, 0.15) is 0 Å². The van der Waals surface area contributed by atoms with Crippen LogP contribution in [0.25, 0.3) is 0 Å². The van der Waals surface area contributed by atoms with Crippen molar-refractivity contribution in [2.45, 2.75) is 6.92 Å². The maximum Gasteiger partial charge on any atom is 0.531 e. The van der Waals surface area contributed by atoms with Crippen molar-refractivity contribution in [3.63, 3.8) is 0 Å². The fraction of sp³-hybridized carbons (Fsp3) is 0.273. The smallest absolute Gasteiger partial charge is 0.457 e.